The first-order chi connectivity index (χ1) is 7.71. The van der Waals surface area contributed by atoms with Gasteiger partial charge in [-0.05, 0) is 31.1 Å². The molecule has 1 rings (SSSR count). The van der Waals surface area contributed by atoms with Crippen molar-refractivity contribution >= 4 is 5.97 Å². The highest BCUT2D eigenvalue weighted by Gasteiger charge is 2.30. The summed E-state index contributed by atoms with van der Waals surface area (Å²) in [6.45, 7) is 7.93. The lowest BCUT2D eigenvalue weighted by Gasteiger charge is -2.35. The third-order valence-corrected chi connectivity index (χ3v) is 3.73. The maximum Gasteiger partial charge on any atom is 0.330 e. The van der Waals surface area contributed by atoms with Crippen molar-refractivity contribution in [2.45, 2.75) is 58.5 Å². The van der Waals surface area contributed by atoms with Crippen LogP contribution in [0.2, 0.25) is 0 Å². The summed E-state index contributed by atoms with van der Waals surface area (Å²) in [6.07, 6.45) is 8.42. The highest BCUT2D eigenvalue weighted by atomic mass is 16.5. The van der Waals surface area contributed by atoms with Crippen LogP contribution in [0.3, 0.4) is 0 Å². The lowest BCUT2D eigenvalue weighted by Crippen LogP contribution is -2.30. The quantitative estimate of drug-likeness (QED) is 0.525. The van der Waals surface area contributed by atoms with Gasteiger partial charge in [-0.1, -0.05) is 39.7 Å². The summed E-state index contributed by atoms with van der Waals surface area (Å²) in [6, 6.07) is 0. The van der Waals surface area contributed by atoms with E-state index in [1.54, 1.807) is 0 Å². The molecule has 0 aromatic rings. The molecule has 16 heavy (non-hydrogen) atoms. The van der Waals surface area contributed by atoms with Crippen LogP contribution in [0.1, 0.15) is 52.4 Å². The maximum absolute atomic E-state index is 11.2. The number of hydrogen-bond acceptors (Lipinski definition) is 2. The van der Waals surface area contributed by atoms with E-state index in [0.29, 0.717) is 0 Å². The molecular weight excluding hydrogens is 200 g/mol. The lowest BCUT2D eigenvalue weighted by atomic mass is 9.74. The molecule has 0 heterocycles. The van der Waals surface area contributed by atoms with Crippen molar-refractivity contribution in [3.63, 3.8) is 0 Å². The minimum absolute atomic E-state index is 0.129. The van der Waals surface area contributed by atoms with Crippen molar-refractivity contribution in [2.75, 3.05) is 0 Å². The molecule has 1 aliphatic rings. The Morgan fingerprint density at radius 2 is 2.12 bits per heavy atom. The molecule has 0 N–H and O–H groups in total. The Balaban J connectivity index is 2.47. The molecule has 2 heteroatoms. The number of esters is 1. The normalized spacial score (nSPS) is 29.8. The second-order valence-electron chi connectivity index (χ2n) is 4.79. The van der Waals surface area contributed by atoms with Crippen LogP contribution < -0.4 is 0 Å². The van der Waals surface area contributed by atoms with Crippen LogP contribution in [-0.2, 0) is 9.53 Å². The Bertz CT molecular complexity index is 235. The zero-order valence-electron chi connectivity index (χ0n) is 10.6. The van der Waals surface area contributed by atoms with E-state index < -0.39 is 0 Å². The Morgan fingerprint density at radius 1 is 1.38 bits per heavy atom. The predicted octanol–water partition coefficient (Wildman–Crippen LogP) is 3.71. The summed E-state index contributed by atoms with van der Waals surface area (Å²) in [5.41, 5.74) is 0. The van der Waals surface area contributed by atoms with E-state index in [2.05, 4.69) is 20.4 Å². The van der Waals surface area contributed by atoms with E-state index >= 15 is 0 Å². The fourth-order valence-electron chi connectivity index (χ4n) is 2.86. The van der Waals surface area contributed by atoms with E-state index in [9.17, 15) is 4.79 Å². The molecular formula is C14H24O2. The molecule has 3 unspecified atom stereocenters. The summed E-state index contributed by atoms with van der Waals surface area (Å²) < 4.78 is 5.35. The summed E-state index contributed by atoms with van der Waals surface area (Å²) in [5.74, 6) is 1.31. The Labute approximate surface area is 99.1 Å². The summed E-state index contributed by atoms with van der Waals surface area (Å²) in [7, 11) is 0. The van der Waals surface area contributed by atoms with E-state index in [-0.39, 0.29) is 12.1 Å². The molecule has 0 aromatic carbocycles. The van der Waals surface area contributed by atoms with Crippen molar-refractivity contribution in [1.82, 2.24) is 0 Å². The smallest absolute Gasteiger partial charge is 0.330 e. The van der Waals surface area contributed by atoms with Gasteiger partial charge in [0.25, 0.3) is 0 Å². The molecule has 0 aliphatic heterocycles. The van der Waals surface area contributed by atoms with Crippen LogP contribution in [0.4, 0.5) is 0 Å². The van der Waals surface area contributed by atoms with Crippen molar-refractivity contribution in [2.24, 2.45) is 11.8 Å². The zero-order chi connectivity index (χ0) is 12.0. The van der Waals surface area contributed by atoms with Crippen LogP contribution >= 0.6 is 0 Å². The topological polar surface area (TPSA) is 26.3 Å². The molecule has 0 saturated heterocycles. The standard InChI is InChI=1S/C14H24O2/c1-4-7-12-10-13(16-14(15)6-3)9-8-11(12)5-2/h6,11-13H,3-5,7-10H2,1-2H3. The minimum atomic E-state index is -0.268. The van der Waals surface area contributed by atoms with Crippen molar-refractivity contribution < 1.29 is 9.53 Å². The van der Waals surface area contributed by atoms with Gasteiger partial charge < -0.3 is 4.74 Å². The maximum atomic E-state index is 11.2. The van der Waals surface area contributed by atoms with Crippen LogP contribution in [0.5, 0.6) is 0 Å². The number of carbonyl (C=O) groups excluding carboxylic acids is 1. The zero-order valence-corrected chi connectivity index (χ0v) is 10.6. The molecule has 1 aliphatic carbocycles. The summed E-state index contributed by atoms with van der Waals surface area (Å²) >= 11 is 0. The SMILES string of the molecule is C=CC(=O)OC1CCC(CC)C(CCC)C1. The number of ether oxygens (including phenoxy) is 1. The highest BCUT2D eigenvalue weighted by Crippen LogP contribution is 2.36. The fourth-order valence-corrected chi connectivity index (χ4v) is 2.86. The van der Waals surface area contributed by atoms with Crippen molar-refractivity contribution in [3.8, 4) is 0 Å². The third kappa shape index (κ3) is 3.66. The first kappa shape index (κ1) is 13.3. The number of hydrogen-bond donors (Lipinski definition) is 0. The predicted molar refractivity (Wildman–Crippen MR) is 66.1 cm³/mol. The molecule has 0 bridgehead atoms. The van der Waals surface area contributed by atoms with E-state index in [1.165, 1.54) is 31.8 Å². The average molecular weight is 224 g/mol. The van der Waals surface area contributed by atoms with Gasteiger partial charge in [-0.3, -0.25) is 0 Å². The number of rotatable bonds is 5. The van der Waals surface area contributed by atoms with Crippen molar-refractivity contribution in [1.29, 1.82) is 0 Å². The molecule has 92 valence electrons. The third-order valence-electron chi connectivity index (χ3n) is 3.73. The molecule has 1 saturated carbocycles. The Kier molecular flexibility index (Phi) is 5.58. The second kappa shape index (κ2) is 6.72. The first-order valence-corrected chi connectivity index (χ1v) is 6.54. The van der Waals surface area contributed by atoms with Gasteiger partial charge in [0.05, 0.1) is 0 Å². The number of carbonyl (C=O) groups is 1. The Morgan fingerprint density at radius 3 is 2.69 bits per heavy atom. The molecule has 0 amide bonds. The summed E-state index contributed by atoms with van der Waals surface area (Å²) in [4.78, 5) is 11.2. The van der Waals surface area contributed by atoms with Crippen LogP contribution in [0.15, 0.2) is 12.7 Å². The van der Waals surface area contributed by atoms with Gasteiger partial charge in [-0.25, -0.2) is 4.79 Å². The van der Waals surface area contributed by atoms with Gasteiger partial charge in [-0.15, -0.1) is 0 Å². The van der Waals surface area contributed by atoms with Crippen LogP contribution in [0, 0.1) is 11.8 Å². The molecule has 0 aromatic heterocycles. The minimum Gasteiger partial charge on any atom is -0.459 e. The molecule has 3 atom stereocenters. The molecule has 2 nitrogen and oxygen atoms in total. The Hall–Kier alpha value is -0.790. The lowest BCUT2D eigenvalue weighted by molar-refractivity contribution is -0.146. The average Bonchev–Trinajstić information content (AvgIpc) is 2.30. The molecule has 0 spiro atoms. The van der Waals surface area contributed by atoms with Gasteiger partial charge in [0, 0.05) is 6.08 Å². The van der Waals surface area contributed by atoms with Crippen LogP contribution in [-0.4, -0.2) is 12.1 Å². The first-order valence-electron chi connectivity index (χ1n) is 6.54. The molecule has 0 radical (unpaired) electrons. The second-order valence-corrected chi connectivity index (χ2v) is 4.79. The van der Waals surface area contributed by atoms with Crippen molar-refractivity contribution in [3.05, 3.63) is 12.7 Å². The molecule has 1 fully saturated rings. The van der Waals surface area contributed by atoms with Gasteiger partial charge in [0.2, 0.25) is 0 Å². The summed E-state index contributed by atoms with van der Waals surface area (Å²) in [5, 5.41) is 0. The van der Waals surface area contributed by atoms with Crippen LogP contribution in [0.25, 0.3) is 0 Å². The van der Waals surface area contributed by atoms with Gasteiger partial charge >= 0.3 is 5.97 Å². The van der Waals surface area contributed by atoms with E-state index in [0.717, 1.165) is 24.7 Å². The highest BCUT2D eigenvalue weighted by molar-refractivity contribution is 5.81. The van der Waals surface area contributed by atoms with E-state index in [4.69, 9.17) is 4.74 Å². The largest absolute Gasteiger partial charge is 0.459 e. The van der Waals surface area contributed by atoms with E-state index in [1.807, 2.05) is 0 Å². The van der Waals surface area contributed by atoms with Gasteiger partial charge in [-0.2, -0.15) is 0 Å². The monoisotopic (exact) mass is 224 g/mol. The van der Waals surface area contributed by atoms with Gasteiger partial charge in [0.15, 0.2) is 0 Å². The fraction of sp³-hybridized carbons (Fsp3) is 0.786. The van der Waals surface area contributed by atoms with Gasteiger partial charge in [0.1, 0.15) is 6.10 Å².